The van der Waals surface area contributed by atoms with E-state index in [1.54, 1.807) is 31.2 Å². The minimum Gasteiger partial charge on any atom is -0.457 e. The molecular formula is C21H23BrO6. The number of esters is 1. The van der Waals surface area contributed by atoms with Gasteiger partial charge in [0, 0.05) is 10.4 Å². The van der Waals surface area contributed by atoms with E-state index in [-0.39, 0.29) is 22.7 Å². The second kappa shape index (κ2) is 8.49. The lowest BCUT2D eigenvalue weighted by atomic mass is 9.78. The first-order valence-electron chi connectivity index (χ1n) is 8.88. The predicted octanol–water partition coefficient (Wildman–Crippen LogP) is 2.91. The van der Waals surface area contributed by atoms with Gasteiger partial charge in [-0.15, -0.1) is 0 Å². The van der Waals surface area contributed by atoms with E-state index in [1.807, 2.05) is 0 Å². The first-order valence-corrected chi connectivity index (χ1v) is 9.67. The van der Waals surface area contributed by atoms with Crippen LogP contribution in [0, 0.1) is 17.8 Å². The molecule has 0 amide bonds. The maximum Gasteiger partial charge on any atom is 0.338 e. The van der Waals surface area contributed by atoms with E-state index in [0.29, 0.717) is 6.29 Å². The molecule has 1 fully saturated rings. The summed E-state index contributed by atoms with van der Waals surface area (Å²) in [6.07, 6.45) is 0.878. The summed E-state index contributed by atoms with van der Waals surface area (Å²) in [5, 5.41) is 11.0. The molecule has 1 saturated carbocycles. The first-order chi connectivity index (χ1) is 13.1. The Bertz CT molecular complexity index is 824. The molecule has 0 saturated heterocycles. The largest absolute Gasteiger partial charge is 0.457 e. The van der Waals surface area contributed by atoms with Gasteiger partial charge in [0.15, 0.2) is 5.78 Å². The van der Waals surface area contributed by atoms with Crippen LogP contribution in [-0.4, -0.2) is 40.6 Å². The van der Waals surface area contributed by atoms with Gasteiger partial charge in [0.25, 0.3) is 0 Å². The van der Waals surface area contributed by atoms with Crippen LogP contribution in [0.3, 0.4) is 0 Å². The maximum absolute atomic E-state index is 12.7. The quantitative estimate of drug-likeness (QED) is 0.406. The molecule has 28 heavy (non-hydrogen) atoms. The van der Waals surface area contributed by atoms with Crippen LogP contribution in [-0.2, 0) is 19.1 Å². The van der Waals surface area contributed by atoms with Gasteiger partial charge in [-0.3, -0.25) is 9.59 Å². The molecule has 0 aliphatic heterocycles. The van der Waals surface area contributed by atoms with Crippen molar-refractivity contribution in [3.63, 3.8) is 0 Å². The molecule has 1 aliphatic carbocycles. The monoisotopic (exact) mass is 450 g/mol. The third-order valence-corrected chi connectivity index (χ3v) is 5.88. The average Bonchev–Trinajstić information content (AvgIpc) is 2.82. The number of allylic oxidation sites excluding steroid dienone is 1. The fourth-order valence-electron chi connectivity index (χ4n) is 4.11. The van der Waals surface area contributed by atoms with Crippen LogP contribution < -0.4 is 0 Å². The number of halogens is 1. The average molecular weight is 451 g/mol. The summed E-state index contributed by atoms with van der Waals surface area (Å²) in [7, 11) is 0. The standard InChI is InChI=1S/C21H23BrO6/c1-5-15(11(2)24)17-18(12(3)25)21(4,27)16(10-23)19(17)28-20(26)13-6-8-14(22)9-7-13/h5-10,16-19,27H,1-4H3/b15-5-/t16-,17+,18-,19+,21-/m0/s1. The number of aldehydes is 1. The zero-order valence-electron chi connectivity index (χ0n) is 16.1. The molecule has 0 radical (unpaired) electrons. The number of ketones is 2. The van der Waals surface area contributed by atoms with E-state index in [4.69, 9.17) is 4.74 Å². The molecule has 0 spiro atoms. The molecule has 1 aromatic rings. The Morgan fingerprint density at radius 1 is 1.18 bits per heavy atom. The van der Waals surface area contributed by atoms with Crippen molar-refractivity contribution in [1.82, 2.24) is 0 Å². The SMILES string of the molecule is C/C=C(/C(C)=O)[C@H]1[C@H](OC(=O)c2ccc(Br)cc2)[C@H](C=O)[C@](C)(O)[C@H]1C(C)=O. The molecule has 0 heterocycles. The molecule has 0 aromatic heterocycles. The van der Waals surface area contributed by atoms with Crippen molar-refractivity contribution >= 4 is 39.8 Å². The van der Waals surface area contributed by atoms with Crippen LogP contribution in [0.2, 0.25) is 0 Å². The number of carbonyl (C=O) groups excluding carboxylic acids is 4. The fraction of sp³-hybridized carbons (Fsp3) is 0.429. The molecule has 0 bridgehead atoms. The third kappa shape index (κ3) is 4.00. The fourth-order valence-corrected chi connectivity index (χ4v) is 4.37. The van der Waals surface area contributed by atoms with Crippen LogP contribution in [0.15, 0.2) is 40.4 Å². The second-order valence-corrected chi connectivity index (χ2v) is 8.09. The Morgan fingerprint density at radius 2 is 1.75 bits per heavy atom. The molecule has 6 nitrogen and oxygen atoms in total. The highest BCUT2D eigenvalue weighted by Gasteiger charge is 2.62. The molecule has 150 valence electrons. The van der Waals surface area contributed by atoms with E-state index in [1.165, 1.54) is 26.8 Å². The molecule has 1 aliphatic rings. The Morgan fingerprint density at radius 3 is 2.18 bits per heavy atom. The number of Topliss-reactive ketones (excluding diaryl/α,β-unsaturated/α-hetero) is 2. The third-order valence-electron chi connectivity index (χ3n) is 5.36. The predicted molar refractivity (Wildman–Crippen MR) is 106 cm³/mol. The lowest BCUT2D eigenvalue weighted by molar-refractivity contribution is -0.132. The number of hydrogen-bond donors (Lipinski definition) is 1. The summed E-state index contributed by atoms with van der Waals surface area (Å²) in [5.74, 6) is -4.52. The van der Waals surface area contributed by atoms with E-state index >= 15 is 0 Å². The highest BCUT2D eigenvalue weighted by molar-refractivity contribution is 9.10. The van der Waals surface area contributed by atoms with Crippen LogP contribution in [0.1, 0.15) is 38.1 Å². The Balaban J connectivity index is 2.53. The highest BCUT2D eigenvalue weighted by atomic mass is 79.9. The van der Waals surface area contributed by atoms with Crippen molar-refractivity contribution in [2.45, 2.75) is 39.4 Å². The van der Waals surface area contributed by atoms with Crippen molar-refractivity contribution in [3.8, 4) is 0 Å². The van der Waals surface area contributed by atoms with Crippen LogP contribution in [0.5, 0.6) is 0 Å². The minimum absolute atomic E-state index is 0.249. The number of ether oxygens (including phenoxy) is 1. The Kier molecular flexibility index (Phi) is 6.72. The molecule has 0 unspecified atom stereocenters. The van der Waals surface area contributed by atoms with Crippen LogP contribution in [0.25, 0.3) is 0 Å². The number of aliphatic hydroxyl groups is 1. The number of hydrogen-bond acceptors (Lipinski definition) is 6. The Labute approximate surface area is 172 Å². The number of rotatable bonds is 6. The number of benzene rings is 1. The smallest absolute Gasteiger partial charge is 0.338 e. The lowest BCUT2D eigenvalue weighted by Gasteiger charge is -2.28. The number of carbonyl (C=O) groups is 4. The van der Waals surface area contributed by atoms with Gasteiger partial charge >= 0.3 is 5.97 Å². The summed E-state index contributed by atoms with van der Waals surface area (Å²) < 4.78 is 6.39. The van der Waals surface area contributed by atoms with Crippen LogP contribution in [0.4, 0.5) is 0 Å². The summed E-state index contributed by atoms with van der Waals surface area (Å²) in [6.45, 7) is 5.62. The minimum atomic E-state index is -1.76. The van der Waals surface area contributed by atoms with Gasteiger partial charge in [0.1, 0.15) is 18.2 Å². The summed E-state index contributed by atoms with van der Waals surface area (Å²) in [4.78, 5) is 49.0. The van der Waals surface area contributed by atoms with E-state index in [0.717, 1.165) is 4.47 Å². The zero-order chi connectivity index (χ0) is 21.2. The van der Waals surface area contributed by atoms with E-state index in [9.17, 15) is 24.3 Å². The zero-order valence-corrected chi connectivity index (χ0v) is 17.7. The molecule has 1 aromatic carbocycles. The van der Waals surface area contributed by atoms with Crippen molar-refractivity contribution in [1.29, 1.82) is 0 Å². The van der Waals surface area contributed by atoms with Crippen molar-refractivity contribution in [3.05, 3.63) is 46.0 Å². The molecular weight excluding hydrogens is 428 g/mol. The summed E-state index contributed by atoms with van der Waals surface area (Å²) in [5.41, 5.74) is -1.26. The van der Waals surface area contributed by atoms with Gasteiger partial charge in [0.05, 0.1) is 23.0 Å². The second-order valence-electron chi connectivity index (χ2n) is 7.18. The van der Waals surface area contributed by atoms with E-state index < -0.39 is 35.4 Å². The van der Waals surface area contributed by atoms with Gasteiger partial charge in [-0.05, 0) is 57.5 Å². The molecule has 1 N–H and O–H groups in total. The van der Waals surface area contributed by atoms with Crippen molar-refractivity contribution < 1.29 is 29.0 Å². The van der Waals surface area contributed by atoms with Gasteiger partial charge < -0.3 is 14.6 Å². The van der Waals surface area contributed by atoms with Gasteiger partial charge in [-0.1, -0.05) is 22.0 Å². The van der Waals surface area contributed by atoms with Gasteiger partial charge in [0.2, 0.25) is 0 Å². The summed E-state index contributed by atoms with van der Waals surface area (Å²) >= 11 is 3.28. The molecule has 7 heteroatoms. The van der Waals surface area contributed by atoms with E-state index in [2.05, 4.69) is 15.9 Å². The Hall–Kier alpha value is -2.12. The topological polar surface area (TPSA) is 97.7 Å². The van der Waals surface area contributed by atoms with Gasteiger partial charge in [-0.2, -0.15) is 0 Å². The van der Waals surface area contributed by atoms with Crippen LogP contribution >= 0.6 is 15.9 Å². The molecule has 5 atom stereocenters. The molecule has 2 rings (SSSR count). The normalized spacial score (nSPS) is 30.0. The van der Waals surface area contributed by atoms with Gasteiger partial charge in [-0.25, -0.2) is 4.79 Å². The summed E-state index contributed by atoms with van der Waals surface area (Å²) in [6, 6.07) is 6.44. The highest BCUT2D eigenvalue weighted by Crippen LogP contribution is 2.49. The first kappa shape index (κ1) is 22.2. The van der Waals surface area contributed by atoms with Crippen molar-refractivity contribution in [2.24, 2.45) is 17.8 Å². The lowest BCUT2D eigenvalue weighted by Crippen LogP contribution is -2.42. The maximum atomic E-state index is 12.7. The van der Waals surface area contributed by atoms with Crippen molar-refractivity contribution in [2.75, 3.05) is 0 Å².